The largest absolute Gasteiger partial charge is 0.399 e. The molecule has 0 saturated heterocycles. The Morgan fingerprint density at radius 3 is 0.935 bits per heavy atom. The molecule has 342 valence electrons. The van der Waals surface area contributed by atoms with E-state index in [1.54, 1.807) is 0 Å². The van der Waals surface area contributed by atoms with E-state index in [0.29, 0.717) is 11.8 Å². The van der Waals surface area contributed by atoms with Crippen LogP contribution in [0, 0.1) is 13.8 Å². The van der Waals surface area contributed by atoms with Crippen LogP contribution in [0.15, 0.2) is 84.9 Å². The van der Waals surface area contributed by atoms with Gasteiger partial charge in [-0.15, -0.1) is 0 Å². The van der Waals surface area contributed by atoms with Gasteiger partial charge in [0.05, 0.1) is 0 Å². The van der Waals surface area contributed by atoms with Crippen LogP contribution in [0.4, 0.5) is 11.4 Å². The SMILES string of the molecule is CCCCCCCCCCCC(c1ccc(CCCCCCCCCCc2ccc(C(CCCCCCCCCCC)c3ccc(N)cc3C)cc2)cc1)c1ccc(N)cc1C. The molecule has 4 N–H and O–H groups in total. The monoisotopic (exact) mass is 841 g/mol. The van der Waals surface area contributed by atoms with Crippen LogP contribution in [0.3, 0.4) is 0 Å². The lowest BCUT2D eigenvalue weighted by molar-refractivity contribution is 0.545. The van der Waals surface area contributed by atoms with Crippen molar-refractivity contribution < 1.29 is 0 Å². The molecule has 62 heavy (non-hydrogen) atoms. The van der Waals surface area contributed by atoms with Crippen molar-refractivity contribution >= 4 is 11.4 Å². The summed E-state index contributed by atoms with van der Waals surface area (Å²) in [6.07, 6.45) is 40.4. The average Bonchev–Trinajstić information content (AvgIpc) is 3.27. The van der Waals surface area contributed by atoms with Crippen molar-refractivity contribution in [3.63, 3.8) is 0 Å². The molecule has 0 saturated carbocycles. The summed E-state index contributed by atoms with van der Waals surface area (Å²) in [6, 6.07) is 32.4. The van der Waals surface area contributed by atoms with Crippen LogP contribution in [0.25, 0.3) is 0 Å². The minimum absolute atomic E-state index is 0.455. The second-order valence-corrected chi connectivity index (χ2v) is 19.4. The molecule has 2 atom stereocenters. The number of anilines is 2. The van der Waals surface area contributed by atoms with E-state index >= 15 is 0 Å². The highest BCUT2D eigenvalue weighted by Gasteiger charge is 2.18. The lowest BCUT2D eigenvalue weighted by Crippen LogP contribution is -2.05. The van der Waals surface area contributed by atoms with Crippen LogP contribution in [0.1, 0.15) is 250 Å². The maximum absolute atomic E-state index is 6.16. The molecular weight excluding hydrogens is 749 g/mol. The van der Waals surface area contributed by atoms with E-state index in [9.17, 15) is 0 Å². The topological polar surface area (TPSA) is 52.0 Å². The number of nitrogens with two attached hydrogens (primary N) is 2. The van der Waals surface area contributed by atoms with Crippen molar-refractivity contribution in [2.24, 2.45) is 0 Å². The average molecular weight is 841 g/mol. The van der Waals surface area contributed by atoms with E-state index in [-0.39, 0.29) is 0 Å². The highest BCUT2D eigenvalue weighted by molar-refractivity contribution is 5.49. The van der Waals surface area contributed by atoms with Crippen LogP contribution in [0.2, 0.25) is 0 Å². The predicted molar refractivity (Wildman–Crippen MR) is 276 cm³/mol. The molecule has 0 aromatic heterocycles. The Labute approximate surface area is 382 Å². The van der Waals surface area contributed by atoms with Crippen molar-refractivity contribution in [3.05, 3.63) is 129 Å². The molecule has 0 fully saturated rings. The molecule has 0 radical (unpaired) electrons. The molecule has 4 aromatic carbocycles. The van der Waals surface area contributed by atoms with Gasteiger partial charge >= 0.3 is 0 Å². The molecule has 0 aliphatic heterocycles. The van der Waals surface area contributed by atoms with Gasteiger partial charge in [-0.25, -0.2) is 0 Å². The summed E-state index contributed by atoms with van der Waals surface area (Å²) in [5.41, 5.74) is 25.5. The van der Waals surface area contributed by atoms with E-state index in [1.165, 1.54) is 237 Å². The third-order valence-corrected chi connectivity index (χ3v) is 14.0. The Balaban J connectivity index is 1.11. The Kier molecular flexibility index (Phi) is 25.8. The Morgan fingerprint density at radius 1 is 0.339 bits per heavy atom. The van der Waals surface area contributed by atoms with Crippen LogP contribution >= 0.6 is 0 Å². The lowest BCUT2D eigenvalue weighted by atomic mass is 9.84. The minimum Gasteiger partial charge on any atom is -0.399 e. The fraction of sp³-hybridized carbons (Fsp3) is 0.600. The third kappa shape index (κ3) is 19.9. The first kappa shape index (κ1) is 51.1. The van der Waals surface area contributed by atoms with E-state index in [4.69, 9.17) is 11.5 Å². The van der Waals surface area contributed by atoms with Gasteiger partial charge in [-0.05, 0) is 121 Å². The lowest BCUT2D eigenvalue weighted by Gasteiger charge is -2.21. The van der Waals surface area contributed by atoms with E-state index in [0.717, 1.165) is 11.4 Å². The molecular formula is C60H92N2. The summed E-state index contributed by atoms with van der Waals surface area (Å²) < 4.78 is 0. The van der Waals surface area contributed by atoms with Crippen LogP contribution < -0.4 is 11.5 Å². The summed E-state index contributed by atoms with van der Waals surface area (Å²) in [5.74, 6) is 0.911. The number of nitrogen functional groups attached to an aromatic ring is 2. The van der Waals surface area contributed by atoms with E-state index in [2.05, 4.69) is 113 Å². The van der Waals surface area contributed by atoms with Gasteiger partial charge in [0.1, 0.15) is 0 Å². The van der Waals surface area contributed by atoms with Crippen LogP contribution in [-0.4, -0.2) is 0 Å². The first-order valence-electron chi connectivity index (χ1n) is 26.3. The van der Waals surface area contributed by atoms with Gasteiger partial charge in [0, 0.05) is 23.2 Å². The highest BCUT2D eigenvalue weighted by Crippen LogP contribution is 2.35. The first-order chi connectivity index (χ1) is 30.4. The van der Waals surface area contributed by atoms with Gasteiger partial charge in [-0.3, -0.25) is 0 Å². The fourth-order valence-electron chi connectivity index (χ4n) is 10.1. The van der Waals surface area contributed by atoms with Gasteiger partial charge in [0.2, 0.25) is 0 Å². The molecule has 2 heteroatoms. The van der Waals surface area contributed by atoms with Gasteiger partial charge in [-0.1, -0.05) is 229 Å². The van der Waals surface area contributed by atoms with Crippen molar-refractivity contribution in [2.75, 3.05) is 11.5 Å². The summed E-state index contributed by atoms with van der Waals surface area (Å²) in [6.45, 7) is 9.08. The zero-order valence-corrected chi connectivity index (χ0v) is 40.6. The van der Waals surface area contributed by atoms with Gasteiger partial charge in [-0.2, -0.15) is 0 Å². The van der Waals surface area contributed by atoms with Crippen LogP contribution in [0.5, 0.6) is 0 Å². The Morgan fingerprint density at radius 2 is 0.629 bits per heavy atom. The fourth-order valence-corrected chi connectivity index (χ4v) is 10.1. The molecule has 0 heterocycles. The maximum atomic E-state index is 6.16. The summed E-state index contributed by atoms with van der Waals surface area (Å²) >= 11 is 0. The van der Waals surface area contributed by atoms with Crippen LogP contribution in [-0.2, 0) is 12.8 Å². The van der Waals surface area contributed by atoms with Crippen molar-refractivity contribution in [3.8, 4) is 0 Å². The Bertz CT molecular complexity index is 1590. The molecule has 0 spiro atoms. The zero-order valence-electron chi connectivity index (χ0n) is 40.6. The van der Waals surface area contributed by atoms with E-state index in [1.807, 2.05) is 0 Å². The molecule has 4 aromatic rings. The number of hydrogen-bond acceptors (Lipinski definition) is 2. The second kappa shape index (κ2) is 31.3. The standard InChI is InChI=1S/C60H92N2/c1-5-7-9-11-13-15-21-25-29-33-59(57-45-43-55(61)47-49(57)3)53-39-35-51(36-40-53)31-27-23-19-17-18-20-24-28-32-52-37-41-54(42-38-52)60(58-46-44-56(62)48-50(58)4)34-30-26-22-16-14-12-10-8-6-2/h35-48,59-60H,5-34,61-62H2,1-4H3. The zero-order chi connectivity index (χ0) is 44.0. The molecule has 0 amide bonds. The number of rotatable bonds is 35. The van der Waals surface area contributed by atoms with Gasteiger partial charge < -0.3 is 11.5 Å². The number of aryl methyl sites for hydroxylation is 4. The van der Waals surface area contributed by atoms with Crippen molar-refractivity contribution in [2.45, 2.75) is 232 Å². The summed E-state index contributed by atoms with van der Waals surface area (Å²) in [5, 5.41) is 0. The number of unbranched alkanes of at least 4 members (excludes halogenated alkanes) is 23. The van der Waals surface area contributed by atoms with E-state index < -0.39 is 0 Å². The first-order valence-corrected chi connectivity index (χ1v) is 26.3. The maximum Gasteiger partial charge on any atom is 0.0316 e. The van der Waals surface area contributed by atoms with Gasteiger partial charge in [0.25, 0.3) is 0 Å². The smallest absolute Gasteiger partial charge is 0.0316 e. The summed E-state index contributed by atoms with van der Waals surface area (Å²) in [7, 11) is 0. The third-order valence-electron chi connectivity index (χ3n) is 14.0. The summed E-state index contributed by atoms with van der Waals surface area (Å²) in [4.78, 5) is 0. The van der Waals surface area contributed by atoms with Crippen molar-refractivity contribution in [1.82, 2.24) is 0 Å². The molecule has 0 aliphatic rings. The molecule has 2 nitrogen and oxygen atoms in total. The molecule has 2 unspecified atom stereocenters. The normalized spacial score (nSPS) is 12.5. The molecule has 4 rings (SSSR count). The van der Waals surface area contributed by atoms with Gasteiger partial charge in [0.15, 0.2) is 0 Å². The molecule has 0 bridgehead atoms. The quantitative estimate of drug-likeness (QED) is 0.0358. The predicted octanol–water partition coefficient (Wildman–Crippen LogP) is 18.5. The minimum atomic E-state index is 0.455. The Hall–Kier alpha value is -3.52. The molecule has 0 aliphatic carbocycles. The number of hydrogen-bond donors (Lipinski definition) is 2. The second-order valence-electron chi connectivity index (χ2n) is 19.4. The number of benzene rings is 4. The van der Waals surface area contributed by atoms with Crippen molar-refractivity contribution in [1.29, 1.82) is 0 Å². The highest BCUT2D eigenvalue weighted by atomic mass is 14.5.